The SMILES string of the molecule is CC[C@H](C)OC(=O)/C=C\c1ccccc1. The molecule has 80 valence electrons. The Morgan fingerprint density at radius 2 is 2.07 bits per heavy atom. The number of carbonyl (C=O) groups excluding carboxylic acids is 1. The van der Waals surface area contributed by atoms with Crippen LogP contribution in [0.3, 0.4) is 0 Å². The molecule has 0 amide bonds. The van der Waals surface area contributed by atoms with Gasteiger partial charge in [0.15, 0.2) is 0 Å². The first-order valence-electron chi connectivity index (χ1n) is 5.16. The Kier molecular flexibility index (Phi) is 4.61. The van der Waals surface area contributed by atoms with Gasteiger partial charge in [-0.3, -0.25) is 0 Å². The average molecular weight is 204 g/mol. The van der Waals surface area contributed by atoms with Crippen LogP contribution in [0.5, 0.6) is 0 Å². The summed E-state index contributed by atoms with van der Waals surface area (Å²) < 4.78 is 5.10. The minimum absolute atomic E-state index is 0.0158. The van der Waals surface area contributed by atoms with Gasteiger partial charge in [0.1, 0.15) is 0 Å². The van der Waals surface area contributed by atoms with Gasteiger partial charge >= 0.3 is 5.97 Å². The van der Waals surface area contributed by atoms with Crippen molar-refractivity contribution < 1.29 is 9.53 Å². The molecule has 0 aromatic heterocycles. The van der Waals surface area contributed by atoms with Crippen LogP contribution in [0, 0.1) is 0 Å². The van der Waals surface area contributed by atoms with Crippen LogP contribution < -0.4 is 0 Å². The van der Waals surface area contributed by atoms with Crippen molar-refractivity contribution in [1.29, 1.82) is 0 Å². The highest BCUT2D eigenvalue weighted by atomic mass is 16.5. The Morgan fingerprint density at radius 1 is 1.40 bits per heavy atom. The molecule has 15 heavy (non-hydrogen) atoms. The third kappa shape index (κ3) is 4.45. The fourth-order valence-electron chi connectivity index (χ4n) is 1.05. The Morgan fingerprint density at radius 3 is 2.67 bits per heavy atom. The van der Waals surface area contributed by atoms with Crippen LogP contribution in [0.15, 0.2) is 36.4 Å². The van der Waals surface area contributed by atoms with E-state index in [1.54, 1.807) is 6.08 Å². The first-order chi connectivity index (χ1) is 7.22. The summed E-state index contributed by atoms with van der Waals surface area (Å²) in [5.41, 5.74) is 0.999. The molecule has 0 aliphatic carbocycles. The fraction of sp³-hybridized carbons (Fsp3) is 0.308. The summed E-state index contributed by atoms with van der Waals surface area (Å²) in [7, 11) is 0. The number of rotatable bonds is 4. The van der Waals surface area contributed by atoms with Crippen LogP contribution >= 0.6 is 0 Å². The van der Waals surface area contributed by atoms with Crippen molar-refractivity contribution in [3.05, 3.63) is 42.0 Å². The lowest BCUT2D eigenvalue weighted by Gasteiger charge is -2.07. The predicted octanol–water partition coefficient (Wildman–Crippen LogP) is 3.04. The van der Waals surface area contributed by atoms with Gasteiger partial charge in [-0.05, 0) is 25.0 Å². The summed E-state index contributed by atoms with van der Waals surface area (Å²) in [6.45, 7) is 3.87. The summed E-state index contributed by atoms with van der Waals surface area (Å²) in [5.74, 6) is -0.284. The number of esters is 1. The zero-order valence-corrected chi connectivity index (χ0v) is 9.14. The Labute approximate surface area is 90.6 Å². The van der Waals surface area contributed by atoms with Gasteiger partial charge < -0.3 is 4.74 Å². The molecule has 1 rings (SSSR count). The number of hydrogen-bond donors (Lipinski definition) is 0. The van der Waals surface area contributed by atoms with E-state index < -0.39 is 0 Å². The topological polar surface area (TPSA) is 26.3 Å². The second-order valence-electron chi connectivity index (χ2n) is 3.40. The molecule has 1 aromatic rings. The van der Waals surface area contributed by atoms with Crippen molar-refractivity contribution in [1.82, 2.24) is 0 Å². The number of benzene rings is 1. The second-order valence-corrected chi connectivity index (χ2v) is 3.40. The first kappa shape index (κ1) is 11.5. The molecule has 0 aliphatic rings. The normalized spacial score (nSPS) is 12.7. The molecule has 0 aliphatic heterocycles. The van der Waals surface area contributed by atoms with E-state index in [1.165, 1.54) is 6.08 Å². The van der Waals surface area contributed by atoms with Gasteiger partial charge in [0, 0.05) is 6.08 Å². The lowest BCUT2D eigenvalue weighted by Crippen LogP contribution is -2.11. The van der Waals surface area contributed by atoms with Crippen molar-refractivity contribution in [2.24, 2.45) is 0 Å². The van der Waals surface area contributed by atoms with Gasteiger partial charge in [-0.2, -0.15) is 0 Å². The van der Waals surface area contributed by atoms with Gasteiger partial charge in [0.2, 0.25) is 0 Å². The lowest BCUT2D eigenvalue weighted by molar-refractivity contribution is -0.142. The molecule has 2 nitrogen and oxygen atoms in total. The lowest BCUT2D eigenvalue weighted by atomic mass is 10.2. The van der Waals surface area contributed by atoms with Crippen LogP contribution in [0.1, 0.15) is 25.8 Å². The summed E-state index contributed by atoms with van der Waals surface area (Å²) in [5, 5.41) is 0. The fourth-order valence-corrected chi connectivity index (χ4v) is 1.05. The van der Waals surface area contributed by atoms with Crippen LogP contribution in [0.4, 0.5) is 0 Å². The first-order valence-corrected chi connectivity index (χ1v) is 5.16. The molecule has 0 saturated carbocycles. The number of carbonyl (C=O) groups is 1. The highest BCUT2D eigenvalue weighted by Gasteiger charge is 2.02. The van der Waals surface area contributed by atoms with E-state index in [9.17, 15) is 4.79 Å². The highest BCUT2D eigenvalue weighted by molar-refractivity contribution is 5.87. The minimum atomic E-state index is -0.284. The summed E-state index contributed by atoms with van der Waals surface area (Å²) in [4.78, 5) is 11.3. The monoisotopic (exact) mass is 204 g/mol. The summed E-state index contributed by atoms with van der Waals surface area (Å²) in [6, 6.07) is 9.67. The molecule has 2 heteroatoms. The van der Waals surface area contributed by atoms with Gasteiger partial charge in [-0.15, -0.1) is 0 Å². The second kappa shape index (κ2) is 6.02. The van der Waals surface area contributed by atoms with E-state index in [0.29, 0.717) is 0 Å². The van der Waals surface area contributed by atoms with Gasteiger partial charge in [-0.1, -0.05) is 37.3 Å². The Balaban J connectivity index is 2.48. The largest absolute Gasteiger partial charge is 0.460 e. The van der Waals surface area contributed by atoms with Gasteiger partial charge in [0.05, 0.1) is 6.10 Å². The molecule has 1 aromatic carbocycles. The average Bonchev–Trinajstić information content (AvgIpc) is 2.27. The van der Waals surface area contributed by atoms with E-state index in [4.69, 9.17) is 4.74 Å². The van der Waals surface area contributed by atoms with Crippen LogP contribution in [0.2, 0.25) is 0 Å². The Hall–Kier alpha value is -1.57. The molecular formula is C13H16O2. The predicted molar refractivity (Wildman–Crippen MR) is 61.3 cm³/mol. The quantitative estimate of drug-likeness (QED) is 0.556. The standard InChI is InChI=1S/C13H16O2/c1-3-11(2)15-13(14)10-9-12-7-5-4-6-8-12/h4-11H,3H2,1-2H3/b10-9-/t11-/m0/s1. The molecule has 0 heterocycles. The minimum Gasteiger partial charge on any atom is -0.460 e. The zero-order chi connectivity index (χ0) is 11.1. The molecule has 0 radical (unpaired) electrons. The van der Waals surface area contributed by atoms with Crippen molar-refractivity contribution in [3.8, 4) is 0 Å². The summed E-state index contributed by atoms with van der Waals surface area (Å²) in [6.07, 6.45) is 4.04. The van der Waals surface area contributed by atoms with Gasteiger partial charge in [-0.25, -0.2) is 4.79 Å². The zero-order valence-electron chi connectivity index (χ0n) is 9.14. The van der Waals surface area contributed by atoms with Crippen LogP contribution in [0.25, 0.3) is 6.08 Å². The molecular weight excluding hydrogens is 188 g/mol. The van der Waals surface area contributed by atoms with Crippen molar-refractivity contribution in [3.63, 3.8) is 0 Å². The van der Waals surface area contributed by atoms with Crippen molar-refractivity contribution >= 4 is 12.0 Å². The van der Waals surface area contributed by atoms with E-state index in [0.717, 1.165) is 12.0 Å². The smallest absolute Gasteiger partial charge is 0.331 e. The van der Waals surface area contributed by atoms with Gasteiger partial charge in [0.25, 0.3) is 0 Å². The van der Waals surface area contributed by atoms with E-state index in [2.05, 4.69) is 0 Å². The third-order valence-electron chi connectivity index (χ3n) is 2.10. The summed E-state index contributed by atoms with van der Waals surface area (Å²) >= 11 is 0. The van der Waals surface area contributed by atoms with E-state index >= 15 is 0 Å². The van der Waals surface area contributed by atoms with E-state index in [1.807, 2.05) is 44.2 Å². The van der Waals surface area contributed by atoms with E-state index in [-0.39, 0.29) is 12.1 Å². The van der Waals surface area contributed by atoms with Crippen LogP contribution in [-0.4, -0.2) is 12.1 Å². The molecule has 0 spiro atoms. The third-order valence-corrected chi connectivity index (χ3v) is 2.10. The van der Waals surface area contributed by atoms with Crippen LogP contribution in [-0.2, 0) is 9.53 Å². The molecule has 0 saturated heterocycles. The Bertz CT molecular complexity index is 328. The van der Waals surface area contributed by atoms with Crippen molar-refractivity contribution in [2.75, 3.05) is 0 Å². The molecule has 0 fully saturated rings. The maximum atomic E-state index is 11.3. The molecule has 1 atom stereocenters. The number of hydrogen-bond acceptors (Lipinski definition) is 2. The maximum absolute atomic E-state index is 11.3. The van der Waals surface area contributed by atoms with Crippen molar-refractivity contribution in [2.45, 2.75) is 26.4 Å². The maximum Gasteiger partial charge on any atom is 0.331 e. The number of ether oxygens (including phenoxy) is 1. The molecule has 0 N–H and O–H groups in total. The molecule has 0 bridgehead atoms. The molecule has 0 unspecified atom stereocenters. The highest BCUT2D eigenvalue weighted by Crippen LogP contribution is 2.02.